The van der Waals surface area contributed by atoms with Crippen molar-refractivity contribution in [3.8, 4) is 21.8 Å². The molecule has 0 radical (unpaired) electrons. The summed E-state index contributed by atoms with van der Waals surface area (Å²) in [5, 5.41) is 3.86. The minimum Gasteiger partial charge on any atom is -0.321 e. The second-order valence-corrected chi connectivity index (χ2v) is 8.36. The van der Waals surface area contributed by atoms with E-state index in [0.29, 0.717) is 4.88 Å². The molecule has 0 saturated heterocycles. The van der Waals surface area contributed by atoms with E-state index in [2.05, 4.69) is 27.7 Å². The Hall–Kier alpha value is -3.77. The molecule has 0 atom stereocenters. The smallest absolute Gasteiger partial charge is 0.267 e. The average Bonchev–Trinajstić information content (AvgIpc) is 3.39. The number of pyridine rings is 1. The highest BCUT2D eigenvalue weighted by Crippen LogP contribution is 2.29. The molecule has 0 bridgehead atoms. The highest BCUT2D eigenvalue weighted by molar-refractivity contribution is 7.17. The van der Waals surface area contributed by atoms with Gasteiger partial charge in [-0.25, -0.2) is 9.97 Å². The molecule has 1 amide bonds. The second-order valence-electron chi connectivity index (χ2n) is 7.36. The van der Waals surface area contributed by atoms with E-state index >= 15 is 0 Å². The minimum atomic E-state index is -0.153. The molecule has 2 aromatic carbocycles. The fourth-order valence-corrected chi connectivity index (χ4v) is 4.51. The van der Waals surface area contributed by atoms with E-state index in [0.717, 1.165) is 44.6 Å². The molecule has 0 fully saturated rings. The van der Waals surface area contributed by atoms with Gasteiger partial charge in [-0.3, -0.25) is 4.79 Å². The molecule has 0 aliphatic heterocycles. The molecule has 5 aromatic rings. The highest BCUT2D eigenvalue weighted by atomic mass is 32.1. The Morgan fingerprint density at radius 2 is 1.68 bits per heavy atom. The van der Waals surface area contributed by atoms with Crippen molar-refractivity contribution in [2.45, 2.75) is 13.8 Å². The number of carbonyl (C=O) groups is 1. The van der Waals surface area contributed by atoms with Crippen molar-refractivity contribution in [3.05, 3.63) is 95.3 Å². The van der Waals surface area contributed by atoms with Crippen LogP contribution in [0, 0.1) is 13.8 Å². The van der Waals surface area contributed by atoms with Crippen LogP contribution in [0.3, 0.4) is 0 Å². The van der Waals surface area contributed by atoms with Gasteiger partial charge in [0.1, 0.15) is 15.5 Å². The normalized spacial score (nSPS) is 11.0. The molecular weight excluding hydrogens is 404 g/mol. The minimum absolute atomic E-state index is 0.153. The number of aromatic nitrogens is 3. The maximum atomic E-state index is 13.0. The van der Waals surface area contributed by atoms with Gasteiger partial charge in [-0.2, -0.15) is 0 Å². The van der Waals surface area contributed by atoms with E-state index in [-0.39, 0.29) is 5.91 Å². The molecule has 152 valence electrons. The Morgan fingerprint density at radius 1 is 0.903 bits per heavy atom. The number of anilines is 1. The molecule has 5 rings (SSSR count). The van der Waals surface area contributed by atoms with Gasteiger partial charge in [-0.1, -0.05) is 48.5 Å². The summed E-state index contributed by atoms with van der Waals surface area (Å²) < 4.78 is 2.06. The summed E-state index contributed by atoms with van der Waals surface area (Å²) in [5.74, 6) is -0.153. The van der Waals surface area contributed by atoms with Crippen LogP contribution in [0.25, 0.3) is 27.5 Å². The Morgan fingerprint density at radius 3 is 2.48 bits per heavy atom. The van der Waals surface area contributed by atoms with E-state index in [9.17, 15) is 4.79 Å². The lowest BCUT2D eigenvalue weighted by molar-refractivity contribution is 0.103. The molecule has 3 aromatic heterocycles. The number of thiazole rings is 1. The molecule has 0 aliphatic rings. The zero-order valence-corrected chi connectivity index (χ0v) is 18.0. The lowest BCUT2D eigenvalue weighted by Crippen LogP contribution is -2.11. The third kappa shape index (κ3) is 3.73. The monoisotopic (exact) mass is 424 g/mol. The number of nitrogens with zero attached hydrogens (tertiary/aromatic N) is 3. The van der Waals surface area contributed by atoms with Crippen LogP contribution in [0.2, 0.25) is 0 Å². The van der Waals surface area contributed by atoms with E-state index in [1.807, 2.05) is 79.9 Å². The highest BCUT2D eigenvalue weighted by Gasteiger charge is 2.17. The molecule has 6 heteroatoms. The largest absolute Gasteiger partial charge is 0.321 e. The van der Waals surface area contributed by atoms with Crippen LogP contribution >= 0.6 is 11.3 Å². The van der Waals surface area contributed by atoms with Crippen LogP contribution in [0.1, 0.15) is 21.1 Å². The molecule has 0 aliphatic carbocycles. The topological polar surface area (TPSA) is 59.3 Å². The van der Waals surface area contributed by atoms with E-state index < -0.39 is 0 Å². The number of benzene rings is 2. The standard InChI is InChI=1S/C25H20N4OS/c1-16-8-6-13-22-28-21(15-29(16)22)19-11-7-12-20(14-19)27-24(30)23-17(2)26-25(31-23)18-9-4-3-5-10-18/h3-15H,1-2H3,(H,27,30). The van der Waals surface area contributed by atoms with Gasteiger partial charge >= 0.3 is 0 Å². The molecule has 0 saturated carbocycles. The number of hydrogen-bond acceptors (Lipinski definition) is 4. The number of aryl methyl sites for hydroxylation is 2. The summed E-state index contributed by atoms with van der Waals surface area (Å²) in [7, 11) is 0. The Balaban J connectivity index is 1.41. The first kappa shape index (κ1) is 19.2. The van der Waals surface area contributed by atoms with Crippen molar-refractivity contribution < 1.29 is 4.79 Å². The van der Waals surface area contributed by atoms with E-state index in [4.69, 9.17) is 4.98 Å². The number of carbonyl (C=O) groups excluding carboxylic acids is 1. The zero-order valence-electron chi connectivity index (χ0n) is 17.2. The first-order chi connectivity index (χ1) is 15.1. The summed E-state index contributed by atoms with van der Waals surface area (Å²) in [6.07, 6.45) is 2.02. The van der Waals surface area contributed by atoms with Gasteiger partial charge in [-0.15, -0.1) is 11.3 Å². The zero-order chi connectivity index (χ0) is 21.4. The summed E-state index contributed by atoms with van der Waals surface area (Å²) in [4.78, 5) is 22.9. The number of amides is 1. The number of fused-ring (bicyclic) bond motifs is 1. The van der Waals surface area contributed by atoms with Crippen LogP contribution in [-0.2, 0) is 0 Å². The molecule has 0 spiro atoms. The number of imidazole rings is 1. The predicted molar refractivity (Wildman–Crippen MR) is 126 cm³/mol. The summed E-state index contributed by atoms with van der Waals surface area (Å²) >= 11 is 1.41. The molecular formula is C25H20N4OS. The summed E-state index contributed by atoms with van der Waals surface area (Å²) in [6, 6.07) is 23.7. The molecule has 0 unspecified atom stereocenters. The quantitative estimate of drug-likeness (QED) is 0.385. The second kappa shape index (κ2) is 7.81. The van der Waals surface area contributed by atoms with Gasteiger partial charge in [0.15, 0.2) is 0 Å². The van der Waals surface area contributed by atoms with Gasteiger partial charge in [0.25, 0.3) is 5.91 Å². The van der Waals surface area contributed by atoms with Gasteiger partial charge in [0, 0.05) is 28.7 Å². The first-order valence-electron chi connectivity index (χ1n) is 9.98. The first-order valence-corrected chi connectivity index (χ1v) is 10.8. The lowest BCUT2D eigenvalue weighted by Gasteiger charge is -2.06. The molecule has 1 N–H and O–H groups in total. The number of rotatable bonds is 4. The maximum absolute atomic E-state index is 13.0. The Bertz CT molecular complexity index is 1400. The third-order valence-electron chi connectivity index (χ3n) is 5.14. The van der Waals surface area contributed by atoms with Gasteiger partial charge in [0.05, 0.1) is 11.4 Å². The van der Waals surface area contributed by atoms with Gasteiger partial charge < -0.3 is 9.72 Å². The number of nitrogens with one attached hydrogen (secondary N) is 1. The Labute approximate surface area is 184 Å². The fraction of sp³-hybridized carbons (Fsp3) is 0.0800. The fourth-order valence-electron chi connectivity index (χ4n) is 3.54. The van der Waals surface area contributed by atoms with Crippen LogP contribution in [0.5, 0.6) is 0 Å². The van der Waals surface area contributed by atoms with Crippen LogP contribution in [0.4, 0.5) is 5.69 Å². The van der Waals surface area contributed by atoms with E-state index in [1.165, 1.54) is 11.3 Å². The van der Waals surface area contributed by atoms with Crippen molar-refractivity contribution in [2.75, 3.05) is 5.32 Å². The van der Waals surface area contributed by atoms with Crippen molar-refractivity contribution in [2.24, 2.45) is 0 Å². The van der Waals surface area contributed by atoms with Crippen molar-refractivity contribution in [1.29, 1.82) is 0 Å². The Kier molecular flexibility index (Phi) is 4.84. The molecule has 3 heterocycles. The van der Waals surface area contributed by atoms with E-state index in [1.54, 1.807) is 0 Å². The SMILES string of the molecule is Cc1nc(-c2ccccc2)sc1C(=O)Nc1cccc(-c2cn3c(C)cccc3n2)c1. The van der Waals surface area contributed by atoms with Crippen molar-refractivity contribution in [3.63, 3.8) is 0 Å². The van der Waals surface area contributed by atoms with Gasteiger partial charge in [0.2, 0.25) is 0 Å². The van der Waals surface area contributed by atoms with Crippen molar-refractivity contribution in [1.82, 2.24) is 14.4 Å². The molecule has 5 nitrogen and oxygen atoms in total. The summed E-state index contributed by atoms with van der Waals surface area (Å²) in [5.41, 5.74) is 6.31. The van der Waals surface area contributed by atoms with Crippen LogP contribution in [-0.4, -0.2) is 20.3 Å². The average molecular weight is 425 g/mol. The third-order valence-corrected chi connectivity index (χ3v) is 6.34. The number of hydrogen-bond donors (Lipinski definition) is 1. The lowest BCUT2D eigenvalue weighted by atomic mass is 10.1. The maximum Gasteiger partial charge on any atom is 0.267 e. The molecule has 31 heavy (non-hydrogen) atoms. The van der Waals surface area contributed by atoms with Crippen LogP contribution in [0.15, 0.2) is 79.0 Å². The van der Waals surface area contributed by atoms with Crippen molar-refractivity contribution >= 4 is 28.6 Å². The summed E-state index contributed by atoms with van der Waals surface area (Å²) in [6.45, 7) is 3.92. The van der Waals surface area contributed by atoms with Crippen LogP contribution < -0.4 is 5.32 Å². The predicted octanol–water partition coefficient (Wildman–Crippen LogP) is 5.99. The van der Waals surface area contributed by atoms with Gasteiger partial charge in [-0.05, 0) is 38.1 Å².